The molecule has 154 valence electrons. The highest BCUT2D eigenvalue weighted by molar-refractivity contribution is 6.37. The van der Waals surface area contributed by atoms with Crippen molar-refractivity contribution in [3.63, 3.8) is 0 Å². The first-order valence-corrected chi connectivity index (χ1v) is 10.4. The Labute approximate surface area is 164 Å². The Kier molecular flexibility index (Phi) is 4.52. The van der Waals surface area contributed by atoms with E-state index in [9.17, 15) is 19.2 Å². The van der Waals surface area contributed by atoms with E-state index in [1.165, 1.54) is 0 Å². The topological polar surface area (TPSA) is 122 Å². The Hall–Kier alpha value is -1.96. The number of nitrogens with one attached hydrogen (secondary N) is 2. The smallest absolute Gasteiger partial charge is 0.290 e. The van der Waals surface area contributed by atoms with Crippen LogP contribution in [0.4, 0.5) is 0 Å². The summed E-state index contributed by atoms with van der Waals surface area (Å²) < 4.78 is 0. The maximum atomic E-state index is 13.5. The van der Waals surface area contributed by atoms with Crippen LogP contribution < -0.4 is 16.4 Å². The van der Waals surface area contributed by atoms with Crippen LogP contribution in [0.5, 0.6) is 0 Å². The first kappa shape index (κ1) is 19.4. The van der Waals surface area contributed by atoms with Crippen molar-refractivity contribution in [1.29, 1.82) is 0 Å². The van der Waals surface area contributed by atoms with Crippen molar-refractivity contribution >= 4 is 23.5 Å². The Morgan fingerprint density at radius 1 is 1.25 bits per heavy atom. The van der Waals surface area contributed by atoms with Crippen molar-refractivity contribution in [2.45, 2.75) is 45.6 Å². The molecule has 4 rings (SSSR count). The van der Waals surface area contributed by atoms with E-state index in [1.807, 2.05) is 13.8 Å². The molecule has 4 N–H and O–H groups in total. The molecule has 0 aromatic carbocycles. The fraction of sp³-hybridized carbons (Fsp3) is 0.800. The average molecular weight is 390 g/mol. The van der Waals surface area contributed by atoms with Crippen LogP contribution in [0.15, 0.2) is 0 Å². The van der Waals surface area contributed by atoms with Gasteiger partial charge in [-0.05, 0) is 43.6 Å². The Bertz CT molecular complexity index is 730. The molecule has 5 atom stereocenters. The number of hydrogen-bond acceptors (Lipinski definition) is 5. The van der Waals surface area contributed by atoms with Gasteiger partial charge in [0.15, 0.2) is 0 Å². The van der Waals surface area contributed by atoms with E-state index in [2.05, 4.69) is 10.6 Å². The fourth-order valence-electron chi connectivity index (χ4n) is 6.47. The minimum absolute atomic E-state index is 0.0700. The molecule has 4 aliphatic rings. The van der Waals surface area contributed by atoms with E-state index in [1.54, 1.807) is 4.90 Å². The number of Topliss-reactive ketones (excluding diaryl/α,β-unsaturated/α-hetero) is 1. The molecular formula is C20H30N4O4. The van der Waals surface area contributed by atoms with Crippen LogP contribution in [0.25, 0.3) is 0 Å². The molecule has 3 amide bonds. The molecule has 1 saturated carbocycles. The second-order valence-electron chi connectivity index (χ2n) is 9.38. The highest BCUT2D eigenvalue weighted by atomic mass is 16.2. The van der Waals surface area contributed by atoms with Crippen molar-refractivity contribution in [1.82, 2.24) is 15.5 Å². The Balaban J connectivity index is 1.70. The number of amides is 3. The van der Waals surface area contributed by atoms with Crippen LogP contribution in [0.2, 0.25) is 0 Å². The number of carbonyl (C=O) groups is 4. The molecule has 8 heteroatoms. The third kappa shape index (κ3) is 2.53. The molecule has 0 spiro atoms. The first-order chi connectivity index (χ1) is 13.2. The lowest BCUT2D eigenvalue weighted by atomic mass is 9.70. The second-order valence-corrected chi connectivity index (χ2v) is 9.38. The molecular weight excluding hydrogens is 360 g/mol. The number of fused-ring (bicyclic) bond motifs is 1. The van der Waals surface area contributed by atoms with Crippen LogP contribution in [-0.4, -0.2) is 60.6 Å². The number of piperidine rings is 1. The van der Waals surface area contributed by atoms with Crippen molar-refractivity contribution in [2.75, 3.05) is 26.2 Å². The fourth-order valence-corrected chi connectivity index (χ4v) is 6.47. The highest BCUT2D eigenvalue weighted by Gasteiger charge is 2.81. The zero-order valence-electron chi connectivity index (χ0n) is 16.6. The van der Waals surface area contributed by atoms with Gasteiger partial charge in [-0.3, -0.25) is 19.2 Å². The van der Waals surface area contributed by atoms with Gasteiger partial charge in [0.05, 0.1) is 6.04 Å². The largest absolute Gasteiger partial charge is 0.368 e. The standard InChI is InChI=1S/C20H30N4O4/c1-19(2)13-10-23-15(16(21)26)20(13,19)12(9-11-5-6-22-17(11)27)14(25)18(28)24-7-3-4-8-24/h11-13,15,23H,3-10H2,1-2H3,(H2,21,26)(H,22,27)/t11-,12-,13?,15?,20?/m1/s1. The Morgan fingerprint density at radius 2 is 1.93 bits per heavy atom. The predicted octanol–water partition coefficient (Wildman–Crippen LogP) is -0.580. The average Bonchev–Trinajstić information content (AvgIpc) is 3.23. The second kappa shape index (κ2) is 6.54. The monoisotopic (exact) mass is 390 g/mol. The van der Waals surface area contributed by atoms with Crippen LogP contribution >= 0.6 is 0 Å². The molecule has 0 aromatic rings. The molecule has 8 nitrogen and oxygen atoms in total. The summed E-state index contributed by atoms with van der Waals surface area (Å²) >= 11 is 0. The molecule has 3 unspecified atom stereocenters. The lowest BCUT2D eigenvalue weighted by Gasteiger charge is -2.34. The summed E-state index contributed by atoms with van der Waals surface area (Å²) in [6.45, 7) is 6.46. The number of ketones is 1. The van der Waals surface area contributed by atoms with E-state index in [4.69, 9.17) is 5.73 Å². The summed E-state index contributed by atoms with van der Waals surface area (Å²) in [7, 11) is 0. The SMILES string of the molecule is CC1(C)C2CNC(C(N)=O)C21[C@H](C[C@H]1CCNC1=O)C(=O)C(=O)N1CCCC1. The van der Waals surface area contributed by atoms with Crippen molar-refractivity contribution < 1.29 is 19.2 Å². The van der Waals surface area contributed by atoms with E-state index in [0.717, 1.165) is 12.8 Å². The summed E-state index contributed by atoms with van der Waals surface area (Å²) in [5, 5.41) is 6.00. The van der Waals surface area contributed by atoms with Gasteiger partial charge < -0.3 is 21.3 Å². The lowest BCUT2D eigenvalue weighted by Crippen LogP contribution is -2.53. The van der Waals surface area contributed by atoms with Gasteiger partial charge in [-0.15, -0.1) is 0 Å². The minimum atomic E-state index is -0.700. The van der Waals surface area contributed by atoms with E-state index < -0.39 is 35.0 Å². The van der Waals surface area contributed by atoms with E-state index >= 15 is 0 Å². The Morgan fingerprint density at radius 3 is 2.46 bits per heavy atom. The molecule has 28 heavy (non-hydrogen) atoms. The van der Waals surface area contributed by atoms with Crippen molar-refractivity contribution in [3.05, 3.63) is 0 Å². The van der Waals surface area contributed by atoms with Crippen LogP contribution in [0.3, 0.4) is 0 Å². The van der Waals surface area contributed by atoms with Gasteiger partial charge in [0.1, 0.15) is 0 Å². The predicted molar refractivity (Wildman–Crippen MR) is 101 cm³/mol. The van der Waals surface area contributed by atoms with Crippen LogP contribution in [0, 0.1) is 28.6 Å². The van der Waals surface area contributed by atoms with Gasteiger partial charge in [-0.2, -0.15) is 0 Å². The molecule has 1 aliphatic carbocycles. The molecule has 3 heterocycles. The minimum Gasteiger partial charge on any atom is -0.368 e. The third-order valence-corrected chi connectivity index (χ3v) is 7.95. The van der Waals surface area contributed by atoms with E-state index in [0.29, 0.717) is 39.0 Å². The summed E-state index contributed by atoms with van der Waals surface area (Å²) in [6.07, 6.45) is 2.75. The van der Waals surface area contributed by atoms with Gasteiger partial charge in [0, 0.05) is 36.9 Å². The lowest BCUT2D eigenvalue weighted by molar-refractivity contribution is -0.149. The maximum Gasteiger partial charge on any atom is 0.290 e. The summed E-state index contributed by atoms with van der Waals surface area (Å²) in [4.78, 5) is 52.6. The van der Waals surface area contributed by atoms with Gasteiger partial charge in [-0.1, -0.05) is 13.8 Å². The number of primary amides is 1. The number of nitrogens with two attached hydrogens (primary N) is 1. The molecule has 4 fully saturated rings. The number of hydrogen-bond donors (Lipinski definition) is 3. The molecule has 0 aromatic heterocycles. The first-order valence-electron chi connectivity index (χ1n) is 10.4. The van der Waals surface area contributed by atoms with Gasteiger partial charge in [-0.25, -0.2) is 0 Å². The molecule has 0 radical (unpaired) electrons. The van der Waals surface area contributed by atoms with Gasteiger partial charge in [0.2, 0.25) is 17.6 Å². The normalized spacial score (nSPS) is 36.7. The third-order valence-electron chi connectivity index (χ3n) is 7.95. The van der Waals surface area contributed by atoms with Gasteiger partial charge in [0.25, 0.3) is 5.91 Å². The number of likely N-dealkylation sites (tertiary alicyclic amines) is 1. The zero-order chi connectivity index (χ0) is 20.3. The molecule has 3 aliphatic heterocycles. The molecule has 0 bridgehead atoms. The summed E-state index contributed by atoms with van der Waals surface area (Å²) in [6, 6.07) is -0.655. The zero-order valence-corrected chi connectivity index (χ0v) is 16.6. The summed E-state index contributed by atoms with van der Waals surface area (Å²) in [5.74, 6) is -2.38. The summed E-state index contributed by atoms with van der Waals surface area (Å²) in [5.41, 5.74) is 4.71. The van der Waals surface area contributed by atoms with Crippen molar-refractivity contribution in [3.8, 4) is 0 Å². The molecule has 3 saturated heterocycles. The maximum absolute atomic E-state index is 13.5. The number of nitrogens with zero attached hydrogens (tertiary/aromatic N) is 1. The number of carbonyl (C=O) groups excluding carboxylic acids is 4. The quantitative estimate of drug-likeness (QED) is 0.524. The van der Waals surface area contributed by atoms with Crippen molar-refractivity contribution in [2.24, 2.45) is 34.3 Å². The van der Waals surface area contributed by atoms with Crippen LogP contribution in [-0.2, 0) is 19.2 Å². The highest BCUT2D eigenvalue weighted by Crippen LogP contribution is 2.77. The van der Waals surface area contributed by atoms with Crippen LogP contribution in [0.1, 0.15) is 39.5 Å². The number of rotatable bonds is 6. The van der Waals surface area contributed by atoms with Gasteiger partial charge >= 0.3 is 0 Å². The van der Waals surface area contributed by atoms with E-state index in [-0.39, 0.29) is 23.2 Å².